The summed E-state index contributed by atoms with van der Waals surface area (Å²) in [7, 11) is 0. The molecule has 2 aliphatic rings. The Bertz CT molecular complexity index is 400. The van der Waals surface area contributed by atoms with Gasteiger partial charge in [0.2, 0.25) is 5.91 Å². The fraction of sp³-hybridized carbons (Fsp3) is 0.867. The summed E-state index contributed by atoms with van der Waals surface area (Å²) < 4.78 is 0. The van der Waals surface area contributed by atoms with Crippen molar-refractivity contribution in [3.63, 3.8) is 0 Å². The number of nitrogens with two attached hydrogens (primary N) is 1. The van der Waals surface area contributed by atoms with Crippen LogP contribution in [0.1, 0.15) is 52.4 Å². The van der Waals surface area contributed by atoms with E-state index in [1.165, 1.54) is 0 Å². The van der Waals surface area contributed by atoms with Gasteiger partial charge in [0.1, 0.15) is 0 Å². The zero-order valence-electron chi connectivity index (χ0n) is 12.5. The Labute approximate surface area is 120 Å². The molecule has 3 N–H and O–H groups in total. The number of carbonyl (C=O) groups is 2. The lowest BCUT2D eigenvalue weighted by Gasteiger charge is -2.41. The Kier molecular flexibility index (Phi) is 4.09. The second kappa shape index (κ2) is 5.35. The summed E-state index contributed by atoms with van der Waals surface area (Å²) in [5.41, 5.74) is 4.75. The van der Waals surface area contributed by atoms with E-state index in [4.69, 9.17) is 5.73 Å². The Morgan fingerprint density at radius 3 is 2.40 bits per heavy atom. The van der Waals surface area contributed by atoms with Crippen molar-refractivity contribution in [2.75, 3.05) is 13.1 Å². The predicted octanol–water partition coefficient (Wildman–Crippen LogP) is 1.61. The van der Waals surface area contributed by atoms with Crippen molar-refractivity contribution in [1.82, 2.24) is 4.90 Å². The van der Waals surface area contributed by atoms with E-state index in [2.05, 4.69) is 0 Å². The van der Waals surface area contributed by atoms with Crippen molar-refractivity contribution >= 4 is 11.9 Å². The number of amides is 1. The number of nitrogens with zero attached hydrogens (tertiary/aromatic N) is 1. The van der Waals surface area contributed by atoms with Crippen molar-refractivity contribution in [3.05, 3.63) is 0 Å². The fourth-order valence-corrected chi connectivity index (χ4v) is 3.46. The summed E-state index contributed by atoms with van der Waals surface area (Å²) in [6.07, 6.45) is 5.27. The van der Waals surface area contributed by atoms with Crippen LogP contribution in [0.4, 0.5) is 0 Å². The van der Waals surface area contributed by atoms with E-state index in [1.54, 1.807) is 13.8 Å². The van der Waals surface area contributed by atoms with E-state index in [-0.39, 0.29) is 11.8 Å². The molecule has 1 aliphatic carbocycles. The standard InChI is InChI=1S/C15H26N2O3/c1-14(2,13(19)20)11-6-5-9-17(10-11)12(18)15(16)7-3-4-8-15/h11H,3-10,16H2,1-2H3,(H,19,20). The minimum Gasteiger partial charge on any atom is -0.481 e. The zero-order valence-corrected chi connectivity index (χ0v) is 12.5. The first-order chi connectivity index (χ1) is 9.27. The molecule has 1 heterocycles. The van der Waals surface area contributed by atoms with E-state index < -0.39 is 16.9 Å². The molecule has 2 fully saturated rings. The second-order valence-corrected chi connectivity index (χ2v) is 6.98. The van der Waals surface area contributed by atoms with Crippen LogP contribution in [0.2, 0.25) is 0 Å². The first kappa shape index (κ1) is 15.3. The molecule has 1 unspecified atom stereocenters. The first-order valence-corrected chi connectivity index (χ1v) is 7.59. The molecule has 0 spiro atoms. The second-order valence-electron chi connectivity index (χ2n) is 6.98. The minimum absolute atomic E-state index is 0.00250. The molecule has 1 atom stereocenters. The van der Waals surface area contributed by atoms with Crippen molar-refractivity contribution in [2.45, 2.75) is 57.9 Å². The molecule has 5 nitrogen and oxygen atoms in total. The third-order valence-corrected chi connectivity index (χ3v) is 5.20. The van der Waals surface area contributed by atoms with Crippen LogP contribution in [-0.2, 0) is 9.59 Å². The van der Waals surface area contributed by atoms with Crippen molar-refractivity contribution in [1.29, 1.82) is 0 Å². The number of carbonyl (C=O) groups excluding carboxylic acids is 1. The van der Waals surface area contributed by atoms with Crippen LogP contribution in [0.5, 0.6) is 0 Å². The molecule has 0 radical (unpaired) electrons. The van der Waals surface area contributed by atoms with E-state index in [1.807, 2.05) is 4.90 Å². The Hall–Kier alpha value is -1.10. The van der Waals surface area contributed by atoms with Crippen molar-refractivity contribution in [2.24, 2.45) is 17.1 Å². The summed E-state index contributed by atoms with van der Waals surface area (Å²) in [4.78, 5) is 25.8. The SMILES string of the molecule is CC(C)(C(=O)O)C1CCCN(C(=O)C2(N)CCCC2)C1. The number of carboxylic acids is 1. The molecule has 0 aromatic heterocycles. The number of piperidine rings is 1. The van der Waals surface area contributed by atoms with Gasteiger partial charge in [-0.1, -0.05) is 12.8 Å². The number of hydrogen-bond acceptors (Lipinski definition) is 3. The number of rotatable bonds is 3. The summed E-state index contributed by atoms with van der Waals surface area (Å²) in [5.74, 6) is -0.760. The third-order valence-electron chi connectivity index (χ3n) is 5.20. The molecule has 0 aromatic rings. The smallest absolute Gasteiger partial charge is 0.309 e. The molecule has 1 saturated carbocycles. The van der Waals surface area contributed by atoms with Gasteiger partial charge in [-0.2, -0.15) is 0 Å². The average Bonchev–Trinajstić information content (AvgIpc) is 2.86. The summed E-state index contributed by atoms with van der Waals surface area (Å²) in [6.45, 7) is 4.74. The molecule has 114 valence electrons. The highest BCUT2D eigenvalue weighted by atomic mass is 16.4. The maximum absolute atomic E-state index is 12.6. The lowest BCUT2D eigenvalue weighted by molar-refractivity contribution is -0.154. The van der Waals surface area contributed by atoms with Crippen molar-refractivity contribution in [3.8, 4) is 0 Å². The highest BCUT2D eigenvalue weighted by Gasteiger charge is 2.44. The molecule has 1 amide bonds. The molecule has 1 saturated heterocycles. The van der Waals surface area contributed by atoms with Gasteiger partial charge in [-0.3, -0.25) is 9.59 Å². The van der Waals surface area contributed by atoms with Crippen LogP contribution < -0.4 is 5.73 Å². The number of likely N-dealkylation sites (tertiary alicyclic amines) is 1. The van der Waals surface area contributed by atoms with E-state index in [0.717, 1.165) is 38.5 Å². The normalized spacial score (nSPS) is 26.6. The lowest BCUT2D eigenvalue weighted by Crippen LogP contribution is -2.57. The fourth-order valence-electron chi connectivity index (χ4n) is 3.46. The van der Waals surface area contributed by atoms with Gasteiger partial charge < -0.3 is 15.7 Å². The van der Waals surface area contributed by atoms with Crippen LogP contribution in [-0.4, -0.2) is 40.5 Å². The van der Waals surface area contributed by atoms with Gasteiger partial charge in [0.05, 0.1) is 11.0 Å². The van der Waals surface area contributed by atoms with E-state index in [9.17, 15) is 14.7 Å². The van der Waals surface area contributed by atoms with Crippen molar-refractivity contribution < 1.29 is 14.7 Å². The molecular formula is C15H26N2O3. The molecule has 20 heavy (non-hydrogen) atoms. The van der Waals surface area contributed by atoms with Crippen LogP contribution in [0.15, 0.2) is 0 Å². The molecule has 2 rings (SSSR count). The highest BCUT2D eigenvalue weighted by molar-refractivity contribution is 5.86. The Morgan fingerprint density at radius 2 is 1.85 bits per heavy atom. The van der Waals surface area contributed by atoms with Crippen LogP contribution >= 0.6 is 0 Å². The number of hydrogen-bond donors (Lipinski definition) is 2. The summed E-state index contributed by atoms with van der Waals surface area (Å²) in [6, 6.07) is 0. The van der Waals surface area contributed by atoms with E-state index in [0.29, 0.717) is 13.1 Å². The molecule has 5 heteroatoms. The summed E-state index contributed by atoms with van der Waals surface area (Å²) in [5, 5.41) is 9.35. The zero-order chi connectivity index (χ0) is 15.0. The molecular weight excluding hydrogens is 256 g/mol. The third kappa shape index (κ3) is 2.68. The molecule has 0 bridgehead atoms. The van der Waals surface area contributed by atoms with Gasteiger partial charge in [-0.25, -0.2) is 0 Å². The largest absolute Gasteiger partial charge is 0.481 e. The topological polar surface area (TPSA) is 83.6 Å². The average molecular weight is 282 g/mol. The lowest BCUT2D eigenvalue weighted by atomic mass is 9.74. The first-order valence-electron chi connectivity index (χ1n) is 7.59. The van der Waals surface area contributed by atoms with Crippen LogP contribution in [0.25, 0.3) is 0 Å². The Morgan fingerprint density at radius 1 is 1.25 bits per heavy atom. The molecule has 0 aromatic carbocycles. The van der Waals surface area contributed by atoms with Crippen LogP contribution in [0, 0.1) is 11.3 Å². The van der Waals surface area contributed by atoms with Gasteiger partial charge in [-0.05, 0) is 45.4 Å². The van der Waals surface area contributed by atoms with Crippen LogP contribution in [0.3, 0.4) is 0 Å². The quantitative estimate of drug-likeness (QED) is 0.823. The van der Waals surface area contributed by atoms with Gasteiger partial charge >= 0.3 is 5.97 Å². The highest BCUT2D eigenvalue weighted by Crippen LogP contribution is 2.36. The maximum Gasteiger partial charge on any atom is 0.309 e. The maximum atomic E-state index is 12.6. The van der Waals surface area contributed by atoms with Gasteiger partial charge in [0, 0.05) is 13.1 Å². The van der Waals surface area contributed by atoms with Gasteiger partial charge in [0.15, 0.2) is 0 Å². The molecule has 1 aliphatic heterocycles. The predicted molar refractivity (Wildman–Crippen MR) is 76.1 cm³/mol. The van der Waals surface area contributed by atoms with Gasteiger partial charge in [-0.15, -0.1) is 0 Å². The van der Waals surface area contributed by atoms with E-state index >= 15 is 0 Å². The number of aliphatic carboxylic acids is 1. The summed E-state index contributed by atoms with van der Waals surface area (Å²) >= 11 is 0. The monoisotopic (exact) mass is 282 g/mol. The Balaban J connectivity index is 2.07. The minimum atomic E-state index is -0.795. The number of carboxylic acid groups (broad SMARTS) is 1. The van der Waals surface area contributed by atoms with Gasteiger partial charge in [0.25, 0.3) is 0 Å².